The third-order valence-electron chi connectivity index (χ3n) is 2.93. The van der Waals surface area contributed by atoms with Gasteiger partial charge in [-0.15, -0.1) is 6.42 Å². The van der Waals surface area contributed by atoms with E-state index in [-0.39, 0.29) is 31.2 Å². The van der Waals surface area contributed by atoms with Gasteiger partial charge in [-0.05, 0) is 25.7 Å². The predicted octanol–water partition coefficient (Wildman–Crippen LogP) is 2.10. The molecule has 0 spiro atoms. The molecule has 1 N–H and O–H groups in total. The fraction of sp³-hybridized carbons (Fsp3) is 0.727. The Kier molecular flexibility index (Phi) is 4.22. The van der Waals surface area contributed by atoms with Gasteiger partial charge in [0.1, 0.15) is 0 Å². The second-order valence-electron chi connectivity index (χ2n) is 4.01. The summed E-state index contributed by atoms with van der Waals surface area (Å²) < 4.78 is 37.0. The molecule has 0 aromatic carbocycles. The molecule has 5 heteroatoms. The summed E-state index contributed by atoms with van der Waals surface area (Å²) in [4.78, 5) is 11.4. The van der Waals surface area contributed by atoms with Gasteiger partial charge < -0.3 is 5.32 Å². The Morgan fingerprint density at radius 2 is 1.88 bits per heavy atom. The number of carbonyl (C=O) groups excluding carboxylic acids is 1. The summed E-state index contributed by atoms with van der Waals surface area (Å²) >= 11 is 0. The molecule has 0 aromatic rings. The Morgan fingerprint density at radius 3 is 2.31 bits per heavy atom. The molecule has 0 aromatic heterocycles. The molecule has 1 fully saturated rings. The van der Waals surface area contributed by atoms with Crippen LogP contribution in [0, 0.1) is 24.2 Å². The number of terminal acetylenes is 1. The van der Waals surface area contributed by atoms with Crippen molar-refractivity contribution < 1.29 is 18.0 Å². The highest BCUT2D eigenvalue weighted by atomic mass is 19.4. The Bertz CT molecular complexity index is 285. The Labute approximate surface area is 92.6 Å². The van der Waals surface area contributed by atoms with Gasteiger partial charge in [0.05, 0.1) is 12.5 Å². The first-order chi connectivity index (χ1) is 7.45. The van der Waals surface area contributed by atoms with E-state index in [0.29, 0.717) is 12.8 Å². The van der Waals surface area contributed by atoms with Crippen molar-refractivity contribution in [1.29, 1.82) is 0 Å². The average Bonchev–Trinajstić information content (AvgIpc) is 2.25. The quantitative estimate of drug-likeness (QED) is 0.727. The van der Waals surface area contributed by atoms with Crippen molar-refractivity contribution in [3.63, 3.8) is 0 Å². The van der Waals surface area contributed by atoms with Crippen molar-refractivity contribution in [3.8, 4) is 12.3 Å². The van der Waals surface area contributed by atoms with Crippen molar-refractivity contribution in [2.75, 3.05) is 6.54 Å². The van der Waals surface area contributed by atoms with Crippen molar-refractivity contribution >= 4 is 5.91 Å². The van der Waals surface area contributed by atoms with Crippen LogP contribution in [-0.4, -0.2) is 18.6 Å². The van der Waals surface area contributed by atoms with Gasteiger partial charge >= 0.3 is 6.18 Å². The number of amides is 1. The maximum Gasteiger partial charge on any atom is 0.391 e. The normalized spacial score (nSPS) is 25.9. The SMILES string of the molecule is C#CCNC(=O)C1CCC(C(F)(F)F)CC1. The lowest BCUT2D eigenvalue weighted by Crippen LogP contribution is -2.36. The van der Waals surface area contributed by atoms with Gasteiger partial charge in [-0.3, -0.25) is 4.79 Å². The topological polar surface area (TPSA) is 29.1 Å². The number of halogens is 3. The van der Waals surface area contributed by atoms with Crippen LogP contribution in [0.4, 0.5) is 13.2 Å². The van der Waals surface area contributed by atoms with Gasteiger partial charge in [0, 0.05) is 5.92 Å². The number of nitrogens with one attached hydrogen (secondary N) is 1. The number of rotatable bonds is 2. The summed E-state index contributed by atoms with van der Waals surface area (Å²) in [5, 5.41) is 2.50. The highest BCUT2D eigenvalue weighted by Crippen LogP contribution is 2.39. The van der Waals surface area contributed by atoms with E-state index in [0.717, 1.165) is 0 Å². The molecule has 0 radical (unpaired) electrons. The largest absolute Gasteiger partial charge is 0.391 e. The van der Waals surface area contributed by atoms with Crippen molar-refractivity contribution in [3.05, 3.63) is 0 Å². The molecule has 0 bridgehead atoms. The van der Waals surface area contributed by atoms with Crippen LogP contribution in [0.15, 0.2) is 0 Å². The summed E-state index contributed by atoms with van der Waals surface area (Å²) in [6, 6.07) is 0. The van der Waals surface area contributed by atoms with E-state index in [1.165, 1.54) is 0 Å². The van der Waals surface area contributed by atoms with Crippen LogP contribution in [0.1, 0.15) is 25.7 Å². The first-order valence-electron chi connectivity index (χ1n) is 5.23. The fourth-order valence-corrected chi connectivity index (χ4v) is 1.97. The zero-order valence-electron chi connectivity index (χ0n) is 8.81. The highest BCUT2D eigenvalue weighted by molar-refractivity contribution is 5.78. The minimum atomic E-state index is -4.12. The summed E-state index contributed by atoms with van der Waals surface area (Å²) in [5.74, 6) is 0.476. The third kappa shape index (κ3) is 3.44. The van der Waals surface area contributed by atoms with E-state index in [1.807, 2.05) is 0 Å². The first kappa shape index (κ1) is 12.9. The van der Waals surface area contributed by atoms with Crippen LogP contribution in [-0.2, 0) is 4.79 Å². The molecule has 1 saturated carbocycles. The first-order valence-corrected chi connectivity index (χ1v) is 5.23. The zero-order valence-corrected chi connectivity index (χ0v) is 8.81. The second-order valence-corrected chi connectivity index (χ2v) is 4.01. The molecular weight excluding hydrogens is 219 g/mol. The second kappa shape index (κ2) is 5.24. The molecule has 2 nitrogen and oxygen atoms in total. The van der Waals surface area contributed by atoms with Gasteiger partial charge in [-0.2, -0.15) is 13.2 Å². The number of carbonyl (C=O) groups is 1. The summed E-state index contributed by atoms with van der Waals surface area (Å²) in [7, 11) is 0. The summed E-state index contributed by atoms with van der Waals surface area (Å²) in [6.07, 6.45) is 1.51. The van der Waals surface area contributed by atoms with Crippen LogP contribution in [0.25, 0.3) is 0 Å². The molecule has 0 unspecified atom stereocenters. The monoisotopic (exact) mass is 233 g/mol. The molecule has 0 aliphatic heterocycles. The fourth-order valence-electron chi connectivity index (χ4n) is 1.97. The molecule has 1 amide bonds. The molecule has 0 heterocycles. The predicted molar refractivity (Wildman–Crippen MR) is 53.3 cm³/mol. The molecule has 0 atom stereocenters. The van der Waals surface area contributed by atoms with Gasteiger partial charge in [0.15, 0.2) is 0 Å². The van der Waals surface area contributed by atoms with E-state index in [1.54, 1.807) is 0 Å². The Morgan fingerprint density at radius 1 is 1.31 bits per heavy atom. The number of alkyl halides is 3. The van der Waals surface area contributed by atoms with Crippen LogP contribution < -0.4 is 5.32 Å². The van der Waals surface area contributed by atoms with Gasteiger partial charge in [0.25, 0.3) is 0 Å². The van der Waals surface area contributed by atoms with Crippen LogP contribution in [0.5, 0.6) is 0 Å². The van der Waals surface area contributed by atoms with Crippen molar-refractivity contribution in [2.24, 2.45) is 11.8 Å². The lowest BCUT2D eigenvalue weighted by atomic mass is 9.81. The lowest BCUT2D eigenvalue weighted by Gasteiger charge is -2.28. The van der Waals surface area contributed by atoms with E-state index in [4.69, 9.17) is 6.42 Å². The average molecular weight is 233 g/mol. The Hall–Kier alpha value is -1.18. The van der Waals surface area contributed by atoms with Crippen LogP contribution in [0.2, 0.25) is 0 Å². The molecule has 1 aliphatic rings. The van der Waals surface area contributed by atoms with Crippen molar-refractivity contribution in [2.45, 2.75) is 31.9 Å². The Balaban J connectivity index is 2.38. The van der Waals surface area contributed by atoms with Gasteiger partial charge in [-0.25, -0.2) is 0 Å². The number of hydrogen-bond donors (Lipinski definition) is 1. The summed E-state index contributed by atoms with van der Waals surface area (Å²) in [5.41, 5.74) is 0. The van der Waals surface area contributed by atoms with E-state index >= 15 is 0 Å². The molecule has 1 aliphatic carbocycles. The molecule has 0 saturated heterocycles. The zero-order chi connectivity index (χ0) is 12.2. The molecule has 16 heavy (non-hydrogen) atoms. The van der Waals surface area contributed by atoms with Gasteiger partial charge in [-0.1, -0.05) is 5.92 Å². The summed E-state index contributed by atoms with van der Waals surface area (Å²) in [6.45, 7) is 0.137. The third-order valence-corrected chi connectivity index (χ3v) is 2.93. The van der Waals surface area contributed by atoms with Crippen LogP contribution >= 0.6 is 0 Å². The van der Waals surface area contributed by atoms with E-state index in [2.05, 4.69) is 11.2 Å². The maximum atomic E-state index is 12.3. The van der Waals surface area contributed by atoms with Crippen LogP contribution in [0.3, 0.4) is 0 Å². The highest BCUT2D eigenvalue weighted by Gasteiger charge is 2.42. The van der Waals surface area contributed by atoms with E-state index in [9.17, 15) is 18.0 Å². The minimum Gasteiger partial charge on any atom is -0.345 e. The standard InChI is InChI=1S/C11H14F3NO/c1-2-7-15-10(16)8-3-5-9(6-4-8)11(12,13)14/h1,8-9H,3-7H2,(H,15,16). The minimum absolute atomic E-state index is 0.0393. The number of hydrogen-bond acceptors (Lipinski definition) is 1. The molecule has 90 valence electrons. The lowest BCUT2D eigenvalue weighted by molar-refractivity contribution is -0.184. The molecule has 1 rings (SSSR count). The van der Waals surface area contributed by atoms with E-state index < -0.39 is 12.1 Å². The molecular formula is C11H14F3NO. The maximum absolute atomic E-state index is 12.3. The van der Waals surface area contributed by atoms with Gasteiger partial charge in [0.2, 0.25) is 5.91 Å². The smallest absolute Gasteiger partial charge is 0.345 e. The van der Waals surface area contributed by atoms with Crippen molar-refractivity contribution in [1.82, 2.24) is 5.32 Å².